The van der Waals surface area contributed by atoms with E-state index in [2.05, 4.69) is 55.4 Å². The first kappa shape index (κ1) is 26.1. The van der Waals surface area contributed by atoms with Crippen molar-refractivity contribution >= 4 is 10.9 Å². The quantitative estimate of drug-likeness (QED) is 0.367. The van der Waals surface area contributed by atoms with Gasteiger partial charge in [0.15, 0.2) is 17.3 Å². The normalized spacial score (nSPS) is 20.2. The first-order valence-electron chi connectivity index (χ1n) is 14.4. The second-order valence-electron chi connectivity index (χ2n) is 11.4. The van der Waals surface area contributed by atoms with Crippen LogP contribution in [0.4, 0.5) is 0 Å². The van der Waals surface area contributed by atoms with Crippen LogP contribution >= 0.6 is 0 Å². The van der Waals surface area contributed by atoms with E-state index in [0.29, 0.717) is 17.9 Å². The highest BCUT2D eigenvalue weighted by atomic mass is 16.7. The van der Waals surface area contributed by atoms with Crippen LogP contribution < -0.4 is 15.0 Å². The Morgan fingerprint density at radius 3 is 2.73 bits per heavy atom. The molecule has 214 valence electrons. The van der Waals surface area contributed by atoms with Gasteiger partial charge in [0.05, 0.1) is 12.6 Å². The minimum absolute atomic E-state index is 0.0801. The predicted octanol–water partition coefficient (Wildman–Crippen LogP) is 2.95. The molecule has 2 atom stereocenters. The number of aryl methyl sites for hydroxylation is 2. The molecule has 41 heavy (non-hydrogen) atoms. The molecular weight excluding hydrogens is 522 g/mol. The molecule has 11 nitrogen and oxygen atoms in total. The third kappa shape index (κ3) is 5.20. The lowest BCUT2D eigenvalue weighted by molar-refractivity contribution is 0.0840. The van der Waals surface area contributed by atoms with Crippen molar-refractivity contribution in [2.75, 3.05) is 39.6 Å². The standard InChI is InChI=1S/C30H35N7O4/c1-19-12-20(2)23-15-24(30(38)31-25(23)13-19)28(29-32-33-34-37(29)17-22-4-3-11-39-22)36-9-7-35(8-10-36)16-21-5-6-26-27(14-21)41-18-40-26/h5-6,12-15,22,28H,3-4,7-11,16-18H2,1-2H3,(H,31,38)/t22-,28-/m0/s1. The predicted molar refractivity (Wildman–Crippen MR) is 152 cm³/mol. The number of benzene rings is 2. The summed E-state index contributed by atoms with van der Waals surface area (Å²) >= 11 is 0. The summed E-state index contributed by atoms with van der Waals surface area (Å²) in [5.74, 6) is 2.28. The summed E-state index contributed by atoms with van der Waals surface area (Å²) in [7, 11) is 0. The molecule has 2 fully saturated rings. The van der Waals surface area contributed by atoms with Crippen LogP contribution in [0.1, 0.15) is 47.0 Å². The highest BCUT2D eigenvalue weighted by Crippen LogP contribution is 2.34. The molecular formula is C30H35N7O4. The summed E-state index contributed by atoms with van der Waals surface area (Å²) in [6.45, 7) is 9.81. The third-order valence-corrected chi connectivity index (χ3v) is 8.46. The van der Waals surface area contributed by atoms with Crippen molar-refractivity contribution < 1.29 is 14.2 Å². The molecule has 2 aromatic heterocycles. The number of piperazine rings is 1. The van der Waals surface area contributed by atoms with E-state index in [9.17, 15) is 4.79 Å². The Kier molecular flexibility index (Phi) is 6.93. The van der Waals surface area contributed by atoms with Gasteiger partial charge >= 0.3 is 0 Å². The van der Waals surface area contributed by atoms with E-state index < -0.39 is 0 Å². The molecule has 0 radical (unpaired) electrons. The SMILES string of the molecule is Cc1cc(C)c2cc([C@@H](c3nnnn3C[C@@H]3CCCO3)N3CCN(Cc4ccc5c(c4)OCO5)CC3)c(=O)[nH]c2c1. The lowest BCUT2D eigenvalue weighted by Crippen LogP contribution is -2.48. The molecule has 0 spiro atoms. The Hall–Kier alpha value is -3.80. The zero-order valence-electron chi connectivity index (χ0n) is 23.5. The van der Waals surface area contributed by atoms with Crippen LogP contribution in [0.2, 0.25) is 0 Å². The number of tetrazole rings is 1. The van der Waals surface area contributed by atoms with Gasteiger partial charge in [-0.15, -0.1) is 5.10 Å². The molecule has 3 aliphatic heterocycles. The number of nitrogens with one attached hydrogen (secondary N) is 1. The van der Waals surface area contributed by atoms with Crippen molar-refractivity contribution in [3.8, 4) is 11.5 Å². The maximum atomic E-state index is 13.7. The van der Waals surface area contributed by atoms with Gasteiger partial charge in [-0.3, -0.25) is 14.6 Å². The fraction of sp³-hybridized carbons (Fsp3) is 0.467. The number of hydrogen-bond donors (Lipinski definition) is 1. The molecule has 11 heteroatoms. The van der Waals surface area contributed by atoms with Crippen molar-refractivity contribution in [1.29, 1.82) is 0 Å². The fourth-order valence-electron chi connectivity index (χ4n) is 6.39. The highest BCUT2D eigenvalue weighted by Gasteiger charge is 2.33. The van der Waals surface area contributed by atoms with Gasteiger partial charge in [0.2, 0.25) is 6.79 Å². The molecule has 1 N–H and O–H groups in total. The van der Waals surface area contributed by atoms with E-state index >= 15 is 0 Å². The van der Waals surface area contributed by atoms with Crippen LogP contribution in [-0.2, 0) is 17.8 Å². The molecule has 0 unspecified atom stereocenters. The van der Waals surface area contributed by atoms with Crippen molar-refractivity contribution in [3.63, 3.8) is 0 Å². The van der Waals surface area contributed by atoms with E-state index in [1.807, 2.05) is 29.8 Å². The Bertz CT molecular complexity index is 1620. The summed E-state index contributed by atoms with van der Waals surface area (Å²) < 4.78 is 18.8. The zero-order chi connectivity index (χ0) is 27.9. The molecule has 0 aliphatic carbocycles. The minimum Gasteiger partial charge on any atom is -0.454 e. The summed E-state index contributed by atoms with van der Waals surface area (Å²) in [6, 6.07) is 12.0. The molecule has 0 bridgehead atoms. The summed E-state index contributed by atoms with van der Waals surface area (Å²) in [4.78, 5) is 21.6. The van der Waals surface area contributed by atoms with Gasteiger partial charge in [-0.2, -0.15) is 0 Å². The molecule has 3 aliphatic rings. The summed E-state index contributed by atoms with van der Waals surface area (Å²) in [5.41, 5.74) is 4.84. The van der Waals surface area contributed by atoms with Crippen molar-refractivity contribution in [1.82, 2.24) is 35.0 Å². The van der Waals surface area contributed by atoms with Gasteiger partial charge in [0.1, 0.15) is 6.04 Å². The lowest BCUT2D eigenvalue weighted by atomic mass is 9.99. The molecule has 2 saturated heterocycles. The van der Waals surface area contributed by atoms with Crippen LogP contribution in [0.3, 0.4) is 0 Å². The smallest absolute Gasteiger partial charge is 0.253 e. The van der Waals surface area contributed by atoms with Crippen molar-refractivity contribution in [2.45, 2.75) is 51.9 Å². The average molecular weight is 558 g/mol. The fourth-order valence-corrected chi connectivity index (χ4v) is 6.39. The van der Waals surface area contributed by atoms with Crippen molar-refractivity contribution in [3.05, 3.63) is 74.8 Å². The summed E-state index contributed by atoms with van der Waals surface area (Å²) in [6.07, 6.45) is 2.11. The number of H-pyrrole nitrogens is 1. The number of aromatic nitrogens is 5. The van der Waals surface area contributed by atoms with Crippen LogP contribution in [0.5, 0.6) is 11.5 Å². The largest absolute Gasteiger partial charge is 0.454 e. The topological polar surface area (TPSA) is 111 Å². The van der Waals surface area contributed by atoms with Crippen LogP contribution in [-0.4, -0.2) is 80.7 Å². The third-order valence-electron chi connectivity index (χ3n) is 8.46. The maximum Gasteiger partial charge on any atom is 0.253 e. The lowest BCUT2D eigenvalue weighted by Gasteiger charge is -2.38. The molecule has 0 amide bonds. The van der Waals surface area contributed by atoms with Gasteiger partial charge in [-0.1, -0.05) is 12.1 Å². The number of ether oxygens (including phenoxy) is 3. The number of fused-ring (bicyclic) bond motifs is 2. The van der Waals surface area contributed by atoms with Gasteiger partial charge in [-0.25, -0.2) is 4.68 Å². The van der Waals surface area contributed by atoms with Gasteiger partial charge in [-0.05, 0) is 78.1 Å². The monoisotopic (exact) mass is 557 g/mol. The Balaban J connectivity index is 1.19. The highest BCUT2D eigenvalue weighted by molar-refractivity contribution is 5.83. The number of aromatic amines is 1. The second kappa shape index (κ2) is 10.9. The van der Waals surface area contributed by atoms with E-state index in [4.69, 9.17) is 14.2 Å². The minimum atomic E-state index is -0.382. The van der Waals surface area contributed by atoms with Crippen molar-refractivity contribution in [2.24, 2.45) is 0 Å². The van der Waals surface area contributed by atoms with Crippen LogP contribution in [0, 0.1) is 13.8 Å². The van der Waals surface area contributed by atoms with E-state index in [0.717, 1.165) is 85.7 Å². The molecule has 2 aromatic carbocycles. The Morgan fingerprint density at radius 1 is 1.05 bits per heavy atom. The number of nitrogens with zero attached hydrogens (tertiary/aromatic N) is 6. The first-order valence-corrected chi connectivity index (χ1v) is 14.4. The second-order valence-corrected chi connectivity index (χ2v) is 11.4. The number of rotatable bonds is 7. The number of hydrogen-bond acceptors (Lipinski definition) is 9. The first-order chi connectivity index (χ1) is 20.0. The Labute approximate surface area is 238 Å². The van der Waals surface area contributed by atoms with E-state index in [1.54, 1.807) is 0 Å². The Morgan fingerprint density at radius 2 is 1.90 bits per heavy atom. The van der Waals surface area contributed by atoms with Gasteiger partial charge in [0.25, 0.3) is 5.56 Å². The average Bonchev–Trinajstić information content (AvgIpc) is 3.73. The van der Waals surface area contributed by atoms with Crippen LogP contribution in [0.15, 0.2) is 41.2 Å². The molecule has 4 aromatic rings. The number of pyridine rings is 1. The molecule has 5 heterocycles. The van der Waals surface area contributed by atoms with Crippen LogP contribution in [0.25, 0.3) is 10.9 Å². The van der Waals surface area contributed by atoms with Gasteiger partial charge in [0, 0.05) is 55.8 Å². The zero-order valence-corrected chi connectivity index (χ0v) is 23.5. The van der Waals surface area contributed by atoms with Gasteiger partial charge < -0.3 is 19.2 Å². The van der Waals surface area contributed by atoms with E-state index in [-0.39, 0.29) is 24.5 Å². The van der Waals surface area contributed by atoms with E-state index in [1.165, 1.54) is 5.56 Å². The molecule has 7 rings (SSSR count). The molecule has 0 saturated carbocycles. The summed E-state index contributed by atoms with van der Waals surface area (Å²) in [5, 5.41) is 13.9. The maximum absolute atomic E-state index is 13.7.